The van der Waals surface area contributed by atoms with Gasteiger partial charge in [0, 0.05) is 6.08 Å². The summed E-state index contributed by atoms with van der Waals surface area (Å²) in [6.07, 6.45) is 2.91. The highest BCUT2D eigenvalue weighted by molar-refractivity contribution is 5.80. The molecule has 2 aromatic rings. The molecule has 1 N–H and O–H groups in total. The molecule has 2 rings (SSSR count). The normalized spacial score (nSPS) is 11.5. The van der Waals surface area contributed by atoms with Crippen molar-refractivity contribution in [3.05, 3.63) is 70.8 Å². The Morgan fingerprint density at radius 1 is 1.05 bits per heavy atom. The van der Waals surface area contributed by atoms with E-state index in [0.29, 0.717) is 0 Å². The lowest BCUT2D eigenvalue weighted by Crippen LogP contribution is -1.93. The second-order valence-corrected chi connectivity index (χ2v) is 5.83. The van der Waals surface area contributed by atoms with E-state index in [2.05, 4.69) is 56.3 Å². The molecule has 0 bridgehead atoms. The zero-order valence-corrected chi connectivity index (χ0v) is 13.4. The average Bonchev–Trinajstić information content (AvgIpc) is 2.47. The van der Waals surface area contributed by atoms with Gasteiger partial charge in [0.15, 0.2) is 0 Å². The van der Waals surface area contributed by atoms with E-state index in [1.807, 2.05) is 6.92 Å². The standard InChI is InChI=1S/C20H22O2/c1-14(11-20(21)22)7-9-17-5-4-6-18(13-17)19-10-8-15(2)16(3)12-19/h4-6,8,10-13H,7,9H2,1-3H3,(H,21,22)/b14-11+. The monoisotopic (exact) mass is 294 g/mol. The van der Waals surface area contributed by atoms with Crippen molar-refractivity contribution in [2.24, 2.45) is 0 Å². The van der Waals surface area contributed by atoms with E-state index in [4.69, 9.17) is 5.11 Å². The lowest BCUT2D eigenvalue weighted by molar-refractivity contribution is -0.131. The number of benzene rings is 2. The number of hydrogen-bond donors (Lipinski definition) is 1. The maximum Gasteiger partial charge on any atom is 0.328 e. The predicted octanol–water partition coefficient (Wildman–Crippen LogP) is 4.93. The quantitative estimate of drug-likeness (QED) is 0.793. The number of rotatable bonds is 5. The number of aryl methyl sites for hydroxylation is 3. The van der Waals surface area contributed by atoms with Crippen molar-refractivity contribution in [3.8, 4) is 11.1 Å². The van der Waals surface area contributed by atoms with Crippen LogP contribution in [0, 0.1) is 13.8 Å². The van der Waals surface area contributed by atoms with Crippen LogP contribution in [0.3, 0.4) is 0 Å². The summed E-state index contributed by atoms with van der Waals surface area (Å²) in [4.78, 5) is 10.6. The van der Waals surface area contributed by atoms with Gasteiger partial charge >= 0.3 is 5.97 Å². The summed E-state index contributed by atoms with van der Waals surface area (Å²) < 4.78 is 0. The van der Waals surface area contributed by atoms with Crippen LogP contribution in [0.5, 0.6) is 0 Å². The van der Waals surface area contributed by atoms with Gasteiger partial charge in [0.05, 0.1) is 0 Å². The number of carboxylic acids is 1. The topological polar surface area (TPSA) is 37.3 Å². The van der Waals surface area contributed by atoms with Crippen LogP contribution in [-0.2, 0) is 11.2 Å². The molecule has 0 radical (unpaired) electrons. The minimum Gasteiger partial charge on any atom is -0.478 e. The third-order valence-corrected chi connectivity index (χ3v) is 3.95. The molecule has 0 amide bonds. The maximum absolute atomic E-state index is 10.6. The van der Waals surface area contributed by atoms with Crippen molar-refractivity contribution < 1.29 is 9.90 Å². The molecule has 0 spiro atoms. The second-order valence-electron chi connectivity index (χ2n) is 5.83. The summed E-state index contributed by atoms with van der Waals surface area (Å²) in [5.41, 5.74) is 7.15. The van der Waals surface area contributed by atoms with Crippen LogP contribution in [0.1, 0.15) is 30.0 Å². The van der Waals surface area contributed by atoms with Gasteiger partial charge in [-0.3, -0.25) is 0 Å². The van der Waals surface area contributed by atoms with Crippen LogP contribution >= 0.6 is 0 Å². The third-order valence-electron chi connectivity index (χ3n) is 3.95. The summed E-state index contributed by atoms with van der Waals surface area (Å²) in [6, 6.07) is 15.0. The molecule has 2 nitrogen and oxygen atoms in total. The second kappa shape index (κ2) is 7.08. The molecule has 0 aliphatic rings. The summed E-state index contributed by atoms with van der Waals surface area (Å²) >= 11 is 0. The Morgan fingerprint density at radius 3 is 2.45 bits per heavy atom. The van der Waals surface area contributed by atoms with Crippen molar-refractivity contribution >= 4 is 5.97 Å². The first-order chi connectivity index (χ1) is 10.5. The fourth-order valence-corrected chi connectivity index (χ4v) is 2.45. The van der Waals surface area contributed by atoms with Crippen LogP contribution in [-0.4, -0.2) is 11.1 Å². The Balaban J connectivity index is 2.16. The molecular formula is C20H22O2. The highest BCUT2D eigenvalue weighted by Gasteiger charge is 2.02. The van der Waals surface area contributed by atoms with E-state index in [1.165, 1.54) is 33.9 Å². The zero-order valence-electron chi connectivity index (χ0n) is 13.4. The molecule has 0 atom stereocenters. The number of aliphatic carboxylic acids is 1. The highest BCUT2D eigenvalue weighted by atomic mass is 16.4. The predicted molar refractivity (Wildman–Crippen MR) is 91.1 cm³/mol. The van der Waals surface area contributed by atoms with Crippen LogP contribution in [0.2, 0.25) is 0 Å². The van der Waals surface area contributed by atoms with E-state index in [0.717, 1.165) is 18.4 Å². The van der Waals surface area contributed by atoms with Crippen molar-refractivity contribution in [1.82, 2.24) is 0 Å². The van der Waals surface area contributed by atoms with Gasteiger partial charge in [-0.2, -0.15) is 0 Å². The van der Waals surface area contributed by atoms with Gasteiger partial charge in [0.1, 0.15) is 0 Å². The van der Waals surface area contributed by atoms with Gasteiger partial charge < -0.3 is 5.11 Å². The lowest BCUT2D eigenvalue weighted by atomic mass is 9.97. The molecule has 0 aliphatic carbocycles. The molecule has 2 aromatic carbocycles. The summed E-state index contributed by atoms with van der Waals surface area (Å²) in [5.74, 6) is -0.874. The van der Waals surface area contributed by atoms with Crippen molar-refractivity contribution in [1.29, 1.82) is 0 Å². The van der Waals surface area contributed by atoms with Gasteiger partial charge in [-0.05, 0) is 61.4 Å². The fraction of sp³-hybridized carbons (Fsp3) is 0.250. The van der Waals surface area contributed by atoms with Gasteiger partial charge in [0.2, 0.25) is 0 Å². The molecule has 114 valence electrons. The molecule has 0 aliphatic heterocycles. The highest BCUT2D eigenvalue weighted by Crippen LogP contribution is 2.24. The Labute approximate surface area is 132 Å². The van der Waals surface area contributed by atoms with Crippen molar-refractivity contribution in [3.63, 3.8) is 0 Å². The van der Waals surface area contributed by atoms with Crippen molar-refractivity contribution in [2.75, 3.05) is 0 Å². The molecule has 0 heterocycles. The van der Waals surface area contributed by atoms with E-state index in [9.17, 15) is 4.79 Å². The first-order valence-corrected chi connectivity index (χ1v) is 7.52. The fourth-order valence-electron chi connectivity index (χ4n) is 2.45. The number of carbonyl (C=O) groups is 1. The Bertz CT molecular complexity index is 711. The van der Waals surface area contributed by atoms with Crippen LogP contribution < -0.4 is 0 Å². The molecule has 0 saturated heterocycles. The first-order valence-electron chi connectivity index (χ1n) is 7.52. The summed E-state index contributed by atoms with van der Waals surface area (Å²) in [7, 11) is 0. The lowest BCUT2D eigenvalue weighted by Gasteiger charge is -2.08. The molecule has 2 heteroatoms. The van der Waals surface area contributed by atoms with E-state index in [1.54, 1.807) is 0 Å². The molecule has 0 fully saturated rings. The minimum atomic E-state index is -0.874. The Hall–Kier alpha value is -2.35. The SMILES string of the molecule is C/C(=C\C(=O)O)CCc1cccc(-c2ccc(C)c(C)c2)c1. The van der Waals surface area contributed by atoms with Gasteiger partial charge in [-0.15, -0.1) is 0 Å². The smallest absolute Gasteiger partial charge is 0.328 e. The van der Waals surface area contributed by atoms with E-state index >= 15 is 0 Å². The average molecular weight is 294 g/mol. The van der Waals surface area contributed by atoms with E-state index in [-0.39, 0.29) is 0 Å². The molecule has 0 unspecified atom stereocenters. The van der Waals surface area contributed by atoms with Crippen molar-refractivity contribution in [2.45, 2.75) is 33.6 Å². The van der Waals surface area contributed by atoms with Gasteiger partial charge in [-0.25, -0.2) is 4.79 Å². The Morgan fingerprint density at radius 2 is 1.77 bits per heavy atom. The zero-order chi connectivity index (χ0) is 16.1. The maximum atomic E-state index is 10.6. The number of carboxylic acid groups (broad SMARTS) is 1. The van der Waals surface area contributed by atoms with Crippen LogP contribution in [0.4, 0.5) is 0 Å². The molecular weight excluding hydrogens is 272 g/mol. The molecule has 0 saturated carbocycles. The number of allylic oxidation sites excluding steroid dienone is 1. The molecule has 0 aromatic heterocycles. The van der Waals surface area contributed by atoms with Gasteiger partial charge in [0.25, 0.3) is 0 Å². The third kappa shape index (κ3) is 4.32. The Kier molecular flexibility index (Phi) is 5.16. The largest absolute Gasteiger partial charge is 0.478 e. The first kappa shape index (κ1) is 16.0. The van der Waals surface area contributed by atoms with Crippen LogP contribution in [0.15, 0.2) is 54.1 Å². The number of hydrogen-bond acceptors (Lipinski definition) is 1. The summed E-state index contributed by atoms with van der Waals surface area (Å²) in [6.45, 7) is 6.11. The minimum absolute atomic E-state index is 0.767. The molecule has 22 heavy (non-hydrogen) atoms. The van der Waals surface area contributed by atoms with E-state index < -0.39 is 5.97 Å². The van der Waals surface area contributed by atoms with Gasteiger partial charge in [-0.1, -0.05) is 48.0 Å². The summed E-state index contributed by atoms with van der Waals surface area (Å²) in [5, 5.41) is 8.75. The van der Waals surface area contributed by atoms with Crippen LogP contribution in [0.25, 0.3) is 11.1 Å².